The predicted molar refractivity (Wildman–Crippen MR) is 98.3 cm³/mol. The van der Waals surface area contributed by atoms with E-state index in [1.165, 1.54) is 0 Å². The van der Waals surface area contributed by atoms with Gasteiger partial charge in [-0.2, -0.15) is 13.2 Å². The molecule has 0 unspecified atom stereocenters. The summed E-state index contributed by atoms with van der Waals surface area (Å²) >= 11 is 12.0. The second kappa shape index (κ2) is 8.01. The van der Waals surface area contributed by atoms with Gasteiger partial charge in [0.15, 0.2) is 0 Å². The van der Waals surface area contributed by atoms with Gasteiger partial charge in [-0.3, -0.25) is 0 Å². The molecule has 0 bridgehead atoms. The Labute approximate surface area is 157 Å². The fraction of sp³-hybridized carbons (Fsp3) is 0.400. The maximum absolute atomic E-state index is 12.6. The molecule has 0 aliphatic rings. The molecule has 0 aromatic heterocycles. The summed E-state index contributed by atoms with van der Waals surface area (Å²) in [6.45, 7) is 4.35. The van der Waals surface area contributed by atoms with E-state index in [-0.39, 0.29) is 5.41 Å². The van der Waals surface area contributed by atoms with Crippen molar-refractivity contribution in [3.05, 3.63) is 69.2 Å². The molecule has 0 aliphatic heterocycles. The molecule has 0 spiro atoms. The second-order valence-corrected chi connectivity index (χ2v) is 7.92. The van der Waals surface area contributed by atoms with Gasteiger partial charge in [0.25, 0.3) is 0 Å². The maximum atomic E-state index is 12.6. The molecule has 0 saturated carbocycles. The van der Waals surface area contributed by atoms with Crippen molar-refractivity contribution < 1.29 is 13.2 Å². The van der Waals surface area contributed by atoms with Crippen molar-refractivity contribution in [2.45, 2.75) is 45.7 Å². The second-order valence-electron chi connectivity index (χ2n) is 7.11. The van der Waals surface area contributed by atoms with Crippen LogP contribution in [0, 0.1) is 5.41 Å². The quantitative estimate of drug-likeness (QED) is 0.477. The SMILES string of the molecule is CC(C)(CCc1ccc(C(F)(F)F)cc1)CCc1ccc(Cl)c(Cl)c1. The highest BCUT2D eigenvalue weighted by Crippen LogP contribution is 2.32. The van der Waals surface area contributed by atoms with Gasteiger partial charge in [-0.25, -0.2) is 0 Å². The molecule has 0 N–H and O–H groups in total. The van der Waals surface area contributed by atoms with Crippen LogP contribution in [0.15, 0.2) is 42.5 Å². The molecule has 136 valence electrons. The molecule has 2 aromatic rings. The maximum Gasteiger partial charge on any atom is 0.416 e. The third kappa shape index (κ3) is 6.23. The minimum absolute atomic E-state index is 0.0782. The van der Waals surface area contributed by atoms with Crippen LogP contribution in [0.2, 0.25) is 10.0 Å². The Morgan fingerprint density at radius 2 is 1.28 bits per heavy atom. The smallest absolute Gasteiger partial charge is 0.166 e. The fourth-order valence-electron chi connectivity index (χ4n) is 2.65. The average Bonchev–Trinajstić information content (AvgIpc) is 2.54. The van der Waals surface area contributed by atoms with Gasteiger partial charge in [0.05, 0.1) is 15.6 Å². The van der Waals surface area contributed by atoms with Gasteiger partial charge in [-0.1, -0.05) is 55.2 Å². The molecule has 0 nitrogen and oxygen atoms in total. The van der Waals surface area contributed by atoms with Crippen molar-refractivity contribution in [3.8, 4) is 0 Å². The molecular formula is C20H21Cl2F3. The third-order valence-corrected chi connectivity index (χ3v) is 5.19. The van der Waals surface area contributed by atoms with Crippen molar-refractivity contribution in [2.75, 3.05) is 0 Å². The number of halogens is 5. The van der Waals surface area contributed by atoms with Crippen molar-refractivity contribution in [2.24, 2.45) is 5.41 Å². The van der Waals surface area contributed by atoms with E-state index in [0.717, 1.165) is 48.9 Å². The minimum Gasteiger partial charge on any atom is -0.166 e. The molecule has 0 heterocycles. The molecule has 5 heteroatoms. The molecule has 0 aliphatic carbocycles. The molecule has 0 amide bonds. The lowest BCUT2D eigenvalue weighted by molar-refractivity contribution is -0.137. The average molecular weight is 389 g/mol. The van der Waals surface area contributed by atoms with Crippen LogP contribution >= 0.6 is 23.2 Å². The van der Waals surface area contributed by atoms with Gasteiger partial charge in [0, 0.05) is 0 Å². The normalized spacial score (nSPS) is 12.4. The summed E-state index contributed by atoms with van der Waals surface area (Å²) in [5.74, 6) is 0. The lowest BCUT2D eigenvalue weighted by Gasteiger charge is -2.25. The first-order valence-corrected chi connectivity index (χ1v) is 8.92. The van der Waals surface area contributed by atoms with Crippen LogP contribution in [0.5, 0.6) is 0 Å². The van der Waals surface area contributed by atoms with Gasteiger partial charge >= 0.3 is 6.18 Å². The first kappa shape index (κ1) is 20.1. The van der Waals surface area contributed by atoms with Crippen LogP contribution in [0.1, 0.15) is 43.4 Å². The number of alkyl halides is 3. The van der Waals surface area contributed by atoms with Crippen molar-refractivity contribution in [1.29, 1.82) is 0 Å². The summed E-state index contributed by atoms with van der Waals surface area (Å²) in [7, 11) is 0. The largest absolute Gasteiger partial charge is 0.416 e. The summed E-state index contributed by atoms with van der Waals surface area (Å²) in [5, 5.41) is 1.11. The summed E-state index contributed by atoms with van der Waals surface area (Å²) in [5.41, 5.74) is 1.54. The highest BCUT2D eigenvalue weighted by Gasteiger charge is 2.30. The standard InChI is InChI=1S/C20H21Cl2F3/c1-19(2,12-10-15-5-8-17(21)18(22)13-15)11-9-14-3-6-16(7-4-14)20(23,24)25/h3-8,13H,9-12H2,1-2H3. The van der Waals surface area contributed by atoms with E-state index in [9.17, 15) is 13.2 Å². The Morgan fingerprint density at radius 1 is 0.760 bits per heavy atom. The Balaban J connectivity index is 1.89. The van der Waals surface area contributed by atoms with Gasteiger partial charge in [-0.05, 0) is 66.5 Å². The van der Waals surface area contributed by atoms with E-state index >= 15 is 0 Å². The summed E-state index contributed by atoms with van der Waals surface area (Å²) in [6.07, 6.45) is -0.771. The van der Waals surface area contributed by atoms with E-state index in [4.69, 9.17) is 23.2 Å². The first-order chi connectivity index (χ1) is 11.6. The van der Waals surface area contributed by atoms with E-state index in [2.05, 4.69) is 13.8 Å². The van der Waals surface area contributed by atoms with Gasteiger partial charge in [0.2, 0.25) is 0 Å². The van der Waals surface area contributed by atoms with Crippen LogP contribution in [0.3, 0.4) is 0 Å². The number of rotatable bonds is 6. The number of hydrogen-bond donors (Lipinski definition) is 0. The molecule has 2 aromatic carbocycles. The van der Waals surface area contributed by atoms with Crippen LogP contribution < -0.4 is 0 Å². The van der Waals surface area contributed by atoms with Gasteiger partial charge in [-0.15, -0.1) is 0 Å². The zero-order chi connectivity index (χ0) is 18.7. The van der Waals surface area contributed by atoms with Gasteiger partial charge in [0.1, 0.15) is 0 Å². The molecule has 25 heavy (non-hydrogen) atoms. The zero-order valence-corrected chi connectivity index (χ0v) is 15.8. The Bertz CT molecular complexity index is 704. The predicted octanol–water partition coefficient (Wildman–Crippen LogP) is 7.60. The van der Waals surface area contributed by atoms with E-state index < -0.39 is 11.7 Å². The number of benzene rings is 2. The molecule has 0 radical (unpaired) electrons. The van der Waals surface area contributed by atoms with Crippen LogP contribution in [-0.2, 0) is 19.0 Å². The van der Waals surface area contributed by atoms with E-state index in [1.807, 2.05) is 12.1 Å². The lowest BCUT2D eigenvalue weighted by Crippen LogP contribution is -2.14. The fourth-order valence-corrected chi connectivity index (χ4v) is 2.97. The highest BCUT2D eigenvalue weighted by molar-refractivity contribution is 6.42. The molecule has 0 atom stereocenters. The monoisotopic (exact) mass is 388 g/mol. The zero-order valence-electron chi connectivity index (χ0n) is 14.3. The molecule has 0 fully saturated rings. The topological polar surface area (TPSA) is 0 Å². The van der Waals surface area contributed by atoms with Crippen molar-refractivity contribution >= 4 is 23.2 Å². The summed E-state index contributed by atoms with van der Waals surface area (Å²) in [6, 6.07) is 11.1. The van der Waals surface area contributed by atoms with Crippen LogP contribution in [0.25, 0.3) is 0 Å². The number of hydrogen-bond acceptors (Lipinski definition) is 0. The summed E-state index contributed by atoms with van der Waals surface area (Å²) in [4.78, 5) is 0. The Morgan fingerprint density at radius 3 is 1.80 bits per heavy atom. The third-order valence-electron chi connectivity index (χ3n) is 4.45. The number of aryl methyl sites for hydroxylation is 2. The van der Waals surface area contributed by atoms with Crippen LogP contribution in [0.4, 0.5) is 13.2 Å². The van der Waals surface area contributed by atoms with Gasteiger partial charge < -0.3 is 0 Å². The molecule has 2 rings (SSSR count). The summed E-state index contributed by atoms with van der Waals surface area (Å²) < 4.78 is 37.8. The van der Waals surface area contributed by atoms with Crippen LogP contribution in [-0.4, -0.2) is 0 Å². The lowest BCUT2D eigenvalue weighted by atomic mass is 9.81. The minimum atomic E-state index is -4.28. The first-order valence-electron chi connectivity index (χ1n) is 8.17. The van der Waals surface area contributed by atoms with Crippen molar-refractivity contribution in [1.82, 2.24) is 0 Å². The van der Waals surface area contributed by atoms with E-state index in [0.29, 0.717) is 10.0 Å². The van der Waals surface area contributed by atoms with E-state index in [1.54, 1.807) is 18.2 Å². The molecule has 0 saturated heterocycles. The van der Waals surface area contributed by atoms with Crippen molar-refractivity contribution in [3.63, 3.8) is 0 Å². The Hall–Kier alpha value is -1.19. The highest BCUT2D eigenvalue weighted by atomic mass is 35.5. The Kier molecular flexibility index (Phi) is 6.45. The molecular weight excluding hydrogens is 368 g/mol.